The lowest BCUT2D eigenvalue weighted by molar-refractivity contribution is 0.189. The fraction of sp³-hybridized carbons (Fsp3) is 0.625. The van der Waals surface area contributed by atoms with Crippen LogP contribution in [0.25, 0.3) is 0 Å². The number of hydrogen-bond acceptors (Lipinski definition) is 4. The SMILES string of the molecule is Cc1ccccc1OCCCN1CCC(NS(C)(=O)=O)CC1. The molecule has 1 fully saturated rings. The smallest absolute Gasteiger partial charge is 0.208 e. The zero-order valence-electron chi connectivity index (χ0n) is 13.4. The maximum Gasteiger partial charge on any atom is 0.208 e. The molecule has 22 heavy (non-hydrogen) atoms. The maximum absolute atomic E-state index is 11.2. The Hall–Kier alpha value is -1.11. The number of hydrogen-bond donors (Lipinski definition) is 1. The Labute approximate surface area is 133 Å². The van der Waals surface area contributed by atoms with Gasteiger partial charge >= 0.3 is 0 Å². The molecular formula is C16H26N2O3S. The predicted octanol–water partition coefficient (Wildman–Crippen LogP) is 1.78. The summed E-state index contributed by atoms with van der Waals surface area (Å²) in [6.45, 7) is 5.65. The molecule has 0 saturated carbocycles. The monoisotopic (exact) mass is 326 g/mol. The molecule has 1 saturated heterocycles. The van der Waals surface area contributed by atoms with E-state index >= 15 is 0 Å². The molecule has 1 aliphatic heterocycles. The second-order valence-electron chi connectivity index (χ2n) is 5.97. The van der Waals surface area contributed by atoms with Crippen molar-refractivity contribution < 1.29 is 13.2 Å². The zero-order valence-corrected chi connectivity index (χ0v) is 14.2. The minimum Gasteiger partial charge on any atom is -0.493 e. The van der Waals surface area contributed by atoms with Gasteiger partial charge in [-0.25, -0.2) is 13.1 Å². The van der Waals surface area contributed by atoms with Crippen LogP contribution in [-0.4, -0.2) is 51.9 Å². The summed E-state index contributed by atoms with van der Waals surface area (Å²) >= 11 is 0. The molecular weight excluding hydrogens is 300 g/mol. The molecule has 6 heteroatoms. The summed E-state index contributed by atoms with van der Waals surface area (Å²) in [6, 6.07) is 8.14. The third-order valence-corrected chi connectivity index (χ3v) is 4.70. The summed E-state index contributed by atoms with van der Waals surface area (Å²) in [5.74, 6) is 0.957. The summed E-state index contributed by atoms with van der Waals surface area (Å²) in [7, 11) is -3.09. The van der Waals surface area contributed by atoms with E-state index in [-0.39, 0.29) is 6.04 Å². The Morgan fingerprint density at radius 1 is 1.27 bits per heavy atom. The number of nitrogens with zero attached hydrogens (tertiary/aromatic N) is 1. The lowest BCUT2D eigenvalue weighted by Crippen LogP contribution is -2.44. The first-order valence-corrected chi connectivity index (χ1v) is 9.71. The van der Waals surface area contributed by atoms with Crippen LogP contribution < -0.4 is 9.46 Å². The Morgan fingerprint density at radius 2 is 1.95 bits per heavy atom. The molecule has 1 N–H and O–H groups in total. The van der Waals surface area contributed by atoms with Crippen LogP contribution in [0.4, 0.5) is 0 Å². The highest BCUT2D eigenvalue weighted by atomic mass is 32.2. The molecule has 1 aromatic rings. The van der Waals surface area contributed by atoms with Gasteiger partial charge in [0.2, 0.25) is 10.0 Å². The molecule has 0 radical (unpaired) electrons. The van der Waals surface area contributed by atoms with E-state index in [1.807, 2.05) is 18.2 Å². The maximum atomic E-state index is 11.2. The van der Waals surface area contributed by atoms with Crippen LogP contribution in [0.15, 0.2) is 24.3 Å². The van der Waals surface area contributed by atoms with Gasteiger partial charge in [0.1, 0.15) is 5.75 Å². The van der Waals surface area contributed by atoms with Crippen molar-refractivity contribution in [2.45, 2.75) is 32.2 Å². The first-order valence-electron chi connectivity index (χ1n) is 7.82. The van der Waals surface area contributed by atoms with E-state index in [0.29, 0.717) is 6.61 Å². The molecule has 0 aliphatic carbocycles. The number of nitrogens with one attached hydrogen (secondary N) is 1. The fourth-order valence-electron chi connectivity index (χ4n) is 2.77. The number of likely N-dealkylation sites (tertiary alicyclic amines) is 1. The number of aryl methyl sites for hydroxylation is 1. The van der Waals surface area contributed by atoms with Crippen LogP contribution in [0, 0.1) is 6.92 Å². The van der Waals surface area contributed by atoms with Crippen molar-refractivity contribution in [3.8, 4) is 5.75 Å². The molecule has 0 bridgehead atoms. The van der Waals surface area contributed by atoms with Crippen LogP contribution in [0.5, 0.6) is 5.75 Å². The van der Waals surface area contributed by atoms with Gasteiger partial charge in [-0.3, -0.25) is 0 Å². The lowest BCUT2D eigenvalue weighted by atomic mass is 10.1. The van der Waals surface area contributed by atoms with Gasteiger partial charge in [0.15, 0.2) is 0 Å². The van der Waals surface area contributed by atoms with Crippen molar-refractivity contribution in [3.63, 3.8) is 0 Å². The van der Waals surface area contributed by atoms with Crippen molar-refractivity contribution in [1.82, 2.24) is 9.62 Å². The largest absolute Gasteiger partial charge is 0.493 e. The molecule has 0 spiro atoms. The van der Waals surface area contributed by atoms with Crippen LogP contribution in [0.1, 0.15) is 24.8 Å². The van der Waals surface area contributed by atoms with Crippen LogP contribution in [0.2, 0.25) is 0 Å². The minimum atomic E-state index is -3.09. The number of piperidine rings is 1. The summed E-state index contributed by atoms with van der Waals surface area (Å²) in [6.07, 6.45) is 3.97. The van der Waals surface area contributed by atoms with E-state index in [2.05, 4.69) is 22.6 Å². The van der Waals surface area contributed by atoms with E-state index in [1.165, 1.54) is 6.26 Å². The lowest BCUT2D eigenvalue weighted by Gasteiger charge is -2.31. The molecule has 124 valence electrons. The van der Waals surface area contributed by atoms with E-state index in [1.54, 1.807) is 0 Å². The van der Waals surface area contributed by atoms with Gasteiger partial charge in [0.25, 0.3) is 0 Å². The zero-order chi connectivity index (χ0) is 16.0. The highest BCUT2D eigenvalue weighted by Gasteiger charge is 2.21. The second kappa shape index (κ2) is 7.94. The van der Waals surface area contributed by atoms with Crippen molar-refractivity contribution in [2.75, 3.05) is 32.5 Å². The number of ether oxygens (including phenoxy) is 1. The van der Waals surface area contributed by atoms with Gasteiger partial charge in [-0.05, 0) is 50.9 Å². The standard InChI is InChI=1S/C16H26N2O3S/c1-14-6-3-4-7-16(14)21-13-5-10-18-11-8-15(9-12-18)17-22(2,19)20/h3-4,6-7,15,17H,5,8-13H2,1-2H3. The summed E-state index contributed by atoms with van der Waals surface area (Å²) < 4.78 is 30.9. The average Bonchev–Trinajstić information content (AvgIpc) is 2.45. The molecule has 1 aromatic carbocycles. The topological polar surface area (TPSA) is 58.6 Å². The molecule has 1 aliphatic rings. The van der Waals surface area contributed by atoms with Crippen molar-refractivity contribution in [2.24, 2.45) is 0 Å². The Kier molecular flexibility index (Phi) is 6.23. The third-order valence-electron chi connectivity index (χ3n) is 3.94. The number of benzene rings is 1. The van der Waals surface area contributed by atoms with Gasteiger partial charge in [0.05, 0.1) is 12.9 Å². The summed E-state index contributed by atoms with van der Waals surface area (Å²) in [5.41, 5.74) is 1.16. The molecule has 5 nitrogen and oxygen atoms in total. The molecule has 0 aromatic heterocycles. The average molecular weight is 326 g/mol. The first-order chi connectivity index (χ1) is 10.4. The van der Waals surface area contributed by atoms with Gasteiger partial charge < -0.3 is 9.64 Å². The van der Waals surface area contributed by atoms with E-state index in [9.17, 15) is 8.42 Å². The molecule has 0 amide bonds. The summed E-state index contributed by atoms with van der Waals surface area (Å²) in [5, 5.41) is 0. The molecule has 0 atom stereocenters. The second-order valence-corrected chi connectivity index (χ2v) is 7.75. The minimum absolute atomic E-state index is 0.0921. The van der Waals surface area contributed by atoms with Crippen LogP contribution in [0.3, 0.4) is 0 Å². The first kappa shape index (κ1) is 17.2. The van der Waals surface area contributed by atoms with E-state index in [0.717, 1.165) is 50.2 Å². The van der Waals surface area contributed by atoms with Gasteiger partial charge in [-0.15, -0.1) is 0 Å². The van der Waals surface area contributed by atoms with Gasteiger partial charge in [0, 0.05) is 12.6 Å². The van der Waals surface area contributed by atoms with Crippen molar-refractivity contribution in [1.29, 1.82) is 0 Å². The van der Waals surface area contributed by atoms with E-state index < -0.39 is 10.0 Å². The van der Waals surface area contributed by atoms with Crippen LogP contribution in [-0.2, 0) is 10.0 Å². The number of para-hydroxylation sites is 1. The van der Waals surface area contributed by atoms with Gasteiger partial charge in [-0.1, -0.05) is 18.2 Å². The highest BCUT2D eigenvalue weighted by molar-refractivity contribution is 7.88. The van der Waals surface area contributed by atoms with Crippen LogP contribution >= 0.6 is 0 Å². The van der Waals surface area contributed by atoms with E-state index in [4.69, 9.17) is 4.74 Å². The Bertz CT molecular complexity index is 567. The number of rotatable bonds is 7. The van der Waals surface area contributed by atoms with Crippen molar-refractivity contribution >= 4 is 10.0 Å². The quantitative estimate of drug-likeness (QED) is 0.776. The predicted molar refractivity (Wildman–Crippen MR) is 88.7 cm³/mol. The normalized spacial score (nSPS) is 17.5. The Morgan fingerprint density at radius 3 is 2.59 bits per heavy atom. The number of sulfonamides is 1. The third kappa shape index (κ3) is 5.94. The fourth-order valence-corrected chi connectivity index (χ4v) is 3.61. The van der Waals surface area contributed by atoms with Gasteiger partial charge in [-0.2, -0.15) is 0 Å². The Balaban J connectivity index is 1.62. The molecule has 0 unspecified atom stereocenters. The molecule has 2 rings (SSSR count). The molecule has 1 heterocycles. The van der Waals surface area contributed by atoms with Crippen molar-refractivity contribution in [3.05, 3.63) is 29.8 Å². The summed E-state index contributed by atoms with van der Waals surface area (Å²) in [4.78, 5) is 2.38. The highest BCUT2D eigenvalue weighted by Crippen LogP contribution is 2.16.